The van der Waals surface area contributed by atoms with Gasteiger partial charge < -0.3 is 10.6 Å². The third kappa shape index (κ3) is 7.14. The Bertz CT molecular complexity index is 521. The van der Waals surface area contributed by atoms with Crippen LogP contribution in [0.5, 0.6) is 0 Å². The number of carbonyl (C=O) groups is 2. The van der Waals surface area contributed by atoms with E-state index in [2.05, 4.69) is 10.6 Å². The van der Waals surface area contributed by atoms with Gasteiger partial charge >= 0.3 is 0 Å². The van der Waals surface area contributed by atoms with Gasteiger partial charge in [0.2, 0.25) is 11.8 Å². The Morgan fingerprint density at radius 2 is 1.91 bits per heavy atom. The van der Waals surface area contributed by atoms with Crippen molar-refractivity contribution in [3.05, 3.63) is 33.8 Å². The molecule has 4 nitrogen and oxygen atoms in total. The second-order valence-electron chi connectivity index (χ2n) is 5.25. The fourth-order valence-corrected chi connectivity index (χ4v) is 2.67. The van der Waals surface area contributed by atoms with Gasteiger partial charge in [-0.2, -0.15) is 0 Å². The van der Waals surface area contributed by atoms with Crippen LogP contribution in [0.2, 0.25) is 10.0 Å². The average Bonchev–Trinajstić information content (AvgIpc) is 2.42. The van der Waals surface area contributed by atoms with E-state index in [0.717, 1.165) is 24.8 Å². The van der Waals surface area contributed by atoms with E-state index in [1.807, 2.05) is 13.0 Å². The lowest BCUT2D eigenvalue weighted by molar-refractivity contribution is -0.122. The smallest absolute Gasteiger partial charge is 0.220 e. The van der Waals surface area contributed by atoms with Crippen LogP contribution in [0.3, 0.4) is 0 Å². The van der Waals surface area contributed by atoms with Gasteiger partial charge in [0.1, 0.15) is 0 Å². The summed E-state index contributed by atoms with van der Waals surface area (Å²) < 4.78 is 0. The normalized spacial score (nSPS) is 11.8. The minimum atomic E-state index is -0.156. The van der Waals surface area contributed by atoms with Gasteiger partial charge in [0.25, 0.3) is 0 Å². The molecule has 0 aliphatic rings. The van der Waals surface area contributed by atoms with Gasteiger partial charge in [-0.15, -0.1) is 0 Å². The molecule has 1 aromatic carbocycles. The Morgan fingerprint density at radius 1 is 1.18 bits per heavy atom. The highest BCUT2D eigenvalue weighted by atomic mass is 35.5. The molecule has 0 aromatic heterocycles. The summed E-state index contributed by atoms with van der Waals surface area (Å²) >= 11 is 12.0. The van der Waals surface area contributed by atoms with Crippen molar-refractivity contribution in [2.45, 2.75) is 45.6 Å². The number of hydrogen-bond acceptors (Lipinski definition) is 2. The average molecular weight is 345 g/mol. The van der Waals surface area contributed by atoms with Gasteiger partial charge in [-0.05, 0) is 37.5 Å². The number of benzene rings is 1. The first kappa shape index (κ1) is 18.8. The number of amides is 2. The van der Waals surface area contributed by atoms with Gasteiger partial charge in [0, 0.05) is 29.9 Å². The van der Waals surface area contributed by atoms with Gasteiger partial charge in [-0.25, -0.2) is 0 Å². The molecule has 0 aliphatic heterocycles. The molecular weight excluding hydrogens is 323 g/mol. The van der Waals surface area contributed by atoms with E-state index in [1.165, 1.54) is 6.92 Å². The topological polar surface area (TPSA) is 58.2 Å². The van der Waals surface area contributed by atoms with E-state index in [-0.39, 0.29) is 17.9 Å². The molecular formula is C16H22Cl2N2O2. The molecule has 0 spiro atoms. The van der Waals surface area contributed by atoms with Crippen molar-refractivity contribution in [3.8, 4) is 0 Å². The van der Waals surface area contributed by atoms with Crippen molar-refractivity contribution in [3.63, 3.8) is 0 Å². The van der Waals surface area contributed by atoms with Gasteiger partial charge in [-0.1, -0.05) is 35.7 Å². The minimum absolute atomic E-state index is 0.00181. The molecule has 2 amide bonds. The van der Waals surface area contributed by atoms with Crippen LogP contribution in [-0.2, 0) is 9.59 Å². The quantitative estimate of drug-likeness (QED) is 0.703. The predicted molar refractivity (Wildman–Crippen MR) is 90.2 cm³/mol. The fraction of sp³-hybridized carbons (Fsp3) is 0.500. The lowest BCUT2D eigenvalue weighted by atomic mass is 10.1. The van der Waals surface area contributed by atoms with Crippen molar-refractivity contribution >= 4 is 35.0 Å². The first-order valence-corrected chi connectivity index (χ1v) is 8.14. The maximum absolute atomic E-state index is 11.9. The maximum atomic E-state index is 11.9. The number of halogens is 2. The molecule has 1 rings (SSSR count). The van der Waals surface area contributed by atoms with E-state index in [4.69, 9.17) is 23.2 Å². The SMILES string of the molecule is CC(=O)NCCCCCC(=O)NC(C)c1ccc(Cl)cc1Cl. The van der Waals surface area contributed by atoms with Gasteiger partial charge in [-0.3, -0.25) is 9.59 Å². The van der Waals surface area contributed by atoms with Crippen LogP contribution in [0.1, 0.15) is 51.1 Å². The summed E-state index contributed by atoms with van der Waals surface area (Å²) in [5.74, 6) is -0.0237. The monoisotopic (exact) mass is 344 g/mol. The second kappa shape index (κ2) is 9.70. The lowest BCUT2D eigenvalue weighted by Crippen LogP contribution is -2.26. The largest absolute Gasteiger partial charge is 0.356 e. The van der Waals surface area contributed by atoms with E-state index >= 15 is 0 Å². The molecule has 6 heteroatoms. The van der Waals surface area contributed by atoms with E-state index < -0.39 is 0 Å². The lowest BCUT2D eigenvalue weighted by Gasteiger charge is -2.16. The summed E-state index contributed by atoms with van der Waals surface area (Å²) in [4.78, 5) is 22.6. The van der Waals surface area contributed by atoms with Crippen molar-refractivity contribution in [1.29, 1.82) is 0 Å². The summed E-state index contributed by atoms with van der Waals surface area (Å²) in [6, 6.07) is 5.09. The molecule has 0 bridgehead atoms. The Hall–Kier alpha value is -1.26. The zero-order chi connectivity index (χ0) is 16.5. The van der Waals surface area contributed by atoms with Crippen molar-refractivity contribution in [2.75, 3.05) is 6.54 Å². The first-order chi connectivity index (χ1) is 10.4. The molecule has 0 aliphatic carbocycles. The molecule has 122 valence electrons. The van der Waals surface area contributed by atoms with E-state index in [9.17, 15) is 9.59 Å². The molecule has 1 atom stereocenters. The standard InChI is InChI=1S/C16H22Cl2N2O2/c1-11(14-8-7-13(17)10-15(14)18)20-16(22)6-4-3-5-9-19-12(2)21/h7-8,10-11H,3-6,9H2,1-2H3,(H,19,21)(H,20,22). The van der Waals surface area contributed by atoms with E-state index in [0.29, 0.717) is 23.0 Å². The van der Waals surface area contributed by atoms with Crippen LogP contribution in [0.25, 0.3) is 0 Å². The molecule has 0 saturated heterocycles. The summed E-state index contributed by atoms with van der Waals surface area (Å²) in [5.41, 5.74) is 0.852. The Kier molecular flexibility index (Phi) is 8.28. The van der Waals surface area contributed by atoms with Gasteiger partial charge in [0.15, 0.2) is 0 Å². The summed E-state index contributed by atoms with van der Waals surface area (Å²) in [6.07, 6.45) is 3.05. The molecule has 1 unspecified atom stereocenters. The van der Waals surface area contributed by atoms with Crippen LogP contribution in [-0.4, -0.2) is 18.4 Å². The number of unbranched alkanes of at least 4 members (excludes halogenated alkanes) is 2. The third-order valence-electron chi connectivity index (χ3n) is 3.26. The van der Waals surface area contributed by atoms with Crippen LogP contribution < -0.4 is 10.6 Å². The van der Waals surface area contributed by atoms with Crippen LogP contribution in [0.15, 0.2) is 18.2 Å². The highest BCUT2D eigenvalue weighted by Gasteiger charge is 2.12. The van der Waals surface area contributed by atoms with Gasteiger partial charge in [0.05, 0.1) is 6.04 Å². The second-order valence-corrected chi connectivity index (χ2v) is 6.09. The summed E-state index contributed by atoms with van der Waals surface area (Å²) in [7, 11) is 0. The van der Waals surface area contributed by atoms with Crippen LogP contribution in [0, 0.1) is 0 Å². The molecule has 0 heterocycles. The first-order valence-electron chi connectivity index (χ1n) is 7.39. The minimum Gasteiger partial charge on any atom is -0.356 e. The Labute approximate surface area is 141 Å². The van der Waals surface area contributed by atoms with Crippen molar-refractivity contribution in [1.82, 2.24) is 10.6 Å². The van der Waals surface area contributed by atoms with Crippen LogP contribution in [0.4, 0.5) is 0 Å². The zero-order valence-electron chi connectivity index (χ0n) is 12.9. The molecule has 0 saturated carbocycles. The molecule has 22 heavy (non-hydrogen) atoms. The molecule has 0 radical (unpaired) electrons. The predicted octanol–water partition coefficient (Wildman–Crippen LogP) is 3.87. The van der Waals surface area contributed by atoms with Crippen molar-refractivity contribution < 1.29 is 9.59 Å². The summed E-state index contributed by atoms with van der Waals surface area (Å²) in [5, 5.41) is 6.79. The molecule has 2 N–H and O–H groups in total. The fourth-order valence-electron chi connectivity index (χ4n) is 2.10. The number of hydrogen-bond donors (Lipinski definition) is 2. The Balaban J connectivity index is 2.28. The maximum Gasteiger partial charge on any atom is 0.220 e. The highest BCUT2D eigenvalue weighted by molar-refractivity contribution is 6.35. The van der Waals surface area contributed by atoms with Crippen LogP contribution >= 0.6 is 23.2 Å². The number of carbonyl (C=O) groups excluding carboxylic acids is 2. The summed E-state index contributed by atoms with van der Waals surface area (Å²) in [6.45, 7) is 4.05. The zero-order valence-corrected chi connectivity index (χ0v) is 14.4. The third-order valence-corrected chi connectivity index (χ3v) is 3.82. The number of nitrogens with one attached hydrogen (secondary N) is 2. The Morgan fingerprint density at radius 3 is 2.55 bits per heavy atom. The number of rotatable bonds is 8. The van der Waals surface area contributed by atoms with Crippen molar-refractivity contribution in [2.24, 2.45) is 0 Å². The highest BCUT2D eigenvalue weighted by Crippen LogP contribution is 2.26. The van der Waals surface area contributed by atoms with E-state index in [1.54, 1.807) is 12.1 Å². The molecule has 1 aromatic rings. The molecule has 0 fully saturated rings.